The van der Waals surface area contributed by atoms with Gasteiger partial charge in [-0.15, -0.1) is 0 Å². The number of fused-ring (bicyclic) bond motifs is 7. The molecule has 5 aliphatic carbocycles. The molecular weight excluding hydrogens is 460 g/mol. The van der Waals surface area contributed by atoms with Gasteiger partial charge in [0.1, 0.15) is 5.78 Å². The van der Waals surface area contributed by atoms with Crippen molar-refractivity contribution in [1.29, 1.82) is 0 Å². The standard InChI is InChI=1S/C33H48O4/c1-8-37-27(36)11-14-33-17-15-29(3,4)20-23(33)28-25(35)19-26-30(5)12-10-24(34)21(2)22(30)9-13-31(26,6)32(28,7)16-18-33/h11,14,19,21-23,28H,8-10,12-13,15-18,20H2,1-7H3/b14-11+/t21-,22-,23?,28?,30-,31+,32+,33+/m0/s1. The zero-order valence-corrected chi connectivity index (χ0v) is 24.2. The molecule has 0 aromatic carbocycles. The SMILES string of the molecule is CCOC(=O)/C=C/[C@]12CCC(C)(C)CC1C1C(=O)C=C3[C@@]4(C)CCC(=O)[C@@H](C)[C@@H]4CC[C@@]3(C)[C@]1(C)CC2. The minimum atomic E-state index is -0.273. The van der Waals surface area contributed by atoms with Crippen molar-refractivity contribution < 1.29 is 19.1 Å². The van der Waals surface area contributed by atoms with E-state index < -0.39 is 0 Å². The molecule has 0 amide bonds. The zero-order valence-electron chi connectivity index (χ0n) is 24.2. The van der Waals surface area contributed by atoms with Crippen molar-refractivity contribution in [3.05, 3.63) is 23.8 Å². The maximum atomic E-state index is 14.4. The van der Waals surface area contributed by atoms with Crippen LogP contribution in [0.1, 0.15) is 106 Å². The fourth-order valence-electron chi connectivity index (χ4n) is 10.2. The van der Waals surface area contributed by atoms with Gasteiger partial charge in [-0.2, -0.15) is 0 Å². The van der Waals surface area contributed by atoms with E-state index in [1.807, 2.05) is 6.92 Å². The Morgan fingerprint density at radius 3 is 2.41 bits per heavy atom. The van der Waals surface area contributed by atoms with Crippen LogP contribution in [0, 0.1) is 50.7 Å². The van der Waals surface area contributed by atoms with Crippen LogP contribution in [0.4, 0.5) is 0 Å². The lowest BCUT2D eigenvalue weighted by atomic mass is 9.34. The topological polar surface area (TPSA) is 60.4 Å². The van der Waals surface area contributed by atoms with Gasteiger partial charge in [0, 0.05) is 24.3 Å². The van der Waals surface area contributed by atoms with E-state index >= 15 is 0 Å². The van der Waals surface area contributed by atoms with Crippen molar-refractivity contribution in [1.82, 2.24) is 0 Å². The third kappa shape index (κ3) is 3.78. The summed E-state index contributed by atoms with van der Waals surface area (Å²) < 4.78 is 5.24. The quantitative estimate of drug-likeness (QED) is 0.297. The van der Waals surface area contributed by atoms with Crippen LogP contribution in [0.25, 0.3) is 0 Å². The van der Waals surface area contributed by atoms with Crippen LogP contribution in [0.5, 0.6) is 0 Å². The number of esters is 1. The molecule has 0 aliphatic heterocycles. The van der Waals surface area contributed by atoms with Gasteiger partial charge in [0.2, 0.25) is 0 Å². The first-order valence-electron chi connectivity index (χ1n) is 14.9. The molecule has 4 nitrogen and oxygen atoms in total. The van der Waals surface area contributed by atoms with Crippen LogP contribution in [0.15, 0.2) is 23.8 Å². The summed E-state index contributed by atoms with van der Waals surface area (Å²) >= 11 is 0. The van der Waals surface area contributed by atoms with Crippen LogP contribution < -0.4 is 0 Å². The van der Waals surface area contributed by atoms with E-state index in [-0.39, 0.29) is 50.8 Å². The summed E-state index contributed by atoms with van der Waals surface area (Å²) in [6.45, 7) is 16.3. The van der Waals surface area contributed by atoms with Crippen LogP contribution in [-0.4, -0.2) is 24.1 Å². The number of carbonyl (C=O) groups is 3. The summed E-state index contributed by atoms with van der Waals surface area (Å²) in [7, 11) is 0. The second kappa shape index (κ2) is 8.65. The Morgan fingerprint density at radius 1 is 1.00 bits per heavy atom. The minimum Gasteiger partial charge on any atom is -0.463 e. The summed E-state index contributed by atoms with van der Waals surface area (Å²) in [5.74, 6) is 1.03. The molecule has 0 aromatic rings. The minimum absolute atomic E-state index is 0.0378. The van der Waals surface area contributed by atoms with Gasteiger partial charge in [0.05, 0.1) is 6.61 Å². The lowest BCUT2D eigenvalue weighted by Gasteiger charge is -2.69. The lowest BCUT2D eigenvalue weighted by Crippen LogP contribution is -2.64. The molecule has 0 saturated heterocycles. The maximum absolute atomic E-state index is 14.4. The van der Waals surface area contributed by atoms with Gasteiger partial charge in [-0.3, -0.25) is 9.59 Å². The van der Waals surface area contributed by atoms with Crippen LogP contribution in [-0.2, 0) is 19.1 Å². The number of ether oxygens (including phenoxy) is 1. The molecule has 0 bridgehead atoms. The molecular formula is C33H48O4. The van der Waals surface area contributed by atoms with Crippen LogP contribution >= 0.6 is 0 Å². The molecule has 8 atom stereocenters. The first-order valence-corrected chi connectivity index (χ1v) is 14.9. The third-order valence-electron chi connectivity index (χ3n) is 12.7. The van der Waals surface area contributed by atoms with Gasteiger partial charge in [0.15, 0.2) is 5.78 Å². The van der Waals surface area contributed by atoms with Crippen molar-refractivity contribution in [2.75, 3.05) is 6.61 Å². The normalized spacial score (nSPS) is 46.8. The molecule has 4 fully saturated rings. The highest BCUT2D eigenvalue weighted by Crippen LogP contribution is 2.74. The smallest absolute Gasteiger partial charge is 0.330 e. The summed E-state index contributed by atoms with van der Waals surface area (Å²) in [5, 5.41) is 0. The maximum Gasteiger partial charge on any atom is 0.330 e. The number of hydrogen-bond acceptors (Lipinski definition) is 4. The molecule has 0 heterocycles. The second-order valence-electron chi connectivity index (χ2n) is 14.8. The highest BCUT2D eigenvalue weighted by molar-refractivity contribution is 5.96. The third-order valence-corrected chi connectivity index (χ3v) is 12.7. The van der Waals surface area contributed by atoms with E-state index in [4.69, 9.17) is 4.74 Å². The van der Waals surface area contributed by atoms with Gasteiger partial charge < -0.3 is 4.74 Å². The Morgan fingerprint density at radius 2 is 1.70 bits per heavy atom. The zero-order chi connectivity index (χ0) is 27.0. The van der Waals surface area contributed by atoms with E-state index in [2.05, 4.69) is 53.7 Å². The average Bonchev–Trinajstić information content (AvgIpc) is 2.82. The largest absolute Gasteiger partial charge is 0.463 e. The Kier molecular flexibility index (Phi) is 6.28. The van der Waals surface area contributed by atoms with Crippen LogP contribution in [0.2, 0.25) is 0 Å². The fraction of sp³-hybridized carbons (Fsp3) is 0.788. The van der Waals surface area contributed by atoms with E-state index in [1.54, 1.807) is 6.08 Å². The molecule has 0 aromatic heterocycles. The molecule has 5 rings (SSSR count). The number of allylic oxidation sites excluding steroid dienone is 3. The predicted octanol–water partition coefficient (Wildman–Crippen LogP) is 7.27. The van der Waals surface area contributed by atoms with Crippen molar-refractivity contribution in [3.63, 3.8) is 0 Å². The number of ketones is 2. The first kappa shape index (κ1) is 26.9. The monoisotopic (exact) mass is 508 g/mol. The molecule has 5 aliphatic rings. The van der Waals surface area contributed by atoms with Crippen molar-refractivity contribution in [3.8, 4) is 0 Å². The molecule has 204 valence electrons. The lowest BCUT2D eigenvalue weighted by molar-refractivity contribution is -0.165. The van der Waals surface area contributed by atoms with E-state index in [0.717, 1.165) is 51.4 Å². The highest BCUT2D eigenvalue weighted by atomic mass is 16.5. The van der Waals surface area contributed by atoms with E-state index in [9.17, 15) is 14.4 Å². The first-order chi connectivity index (χ1) is 17.2. The number of rotatable bonds is 3. The fourth-order valence-corrected chi connectivity index (χ4v) is 10.2. The van der Waals surface area contributed by atoms with E-state index in [1.165, 1.54) is 5.57 Å². The van der Waals surface area contributed by atoms with E-state index in [0.29, 0.717) is 30.5 Å². The van der Waals surface area contributed by atoms with Gasteiger partial charge in [-0.05, 0) is 103 Å². The van der Waals surface area contributed by atoms with Crippen LogP contribution in [0.3, 0.4) is 0 Å². The van der Waals surface area contributed by atoms with Gasteiger partial charge in [-0.25, -0.2) is 4.79 Å². The molecule has 2 unspecified atom stereocenters. The van der Waals surface area contributed by atoms with Crippen molar-refractivity contribution in [2.24, 2.45) is 50.7 Å². The molecule has 37 heavy (non-hydrogen) atoms. The second-order valence-corrected chi connectivity index (χ2v) is 14.8. The molecule has 4 heteroatoms. The summed E-state index contributed by atoms with van der Waals surface area (Å²) in [6, 6.07) is 0. The average molecular weight is 509 g/mol. The number of Topliss-reactive ketones (excluding diaryl/α,β-unsaturated/α-hetero) is 1. The Hall–Kier alpha value is -1.71. The summed E-state index contributed by atoms with van der Waals surface area (Å²) in [5.41, 5.74) is 1.16. The number of carbonyl (C=O) groups excluding carboxylic acids is 3. The Labute approximate surface area is 224 Å². The van der Waals surface area contributed by atoms with Crippen molar-refractivity contribution >= 4 is 17.5 Å². The summed E-state index contributed by atoms with van der Waals surface area (Å²) in [6.07, 6.45) is 14.7. The van der Waals surface area contributed by atoms with Gasteiger partial charge >= 0.3 is 5.97 Å². The number of hydrogen-bond donors (Lipinski definition) is 0. The van der Waals surface area contributed by atoms with Gasteiger partial charge in [-0.1, -0.05) is 53.2 Å². The van der Waals surface area contributed by atoms with Crippen molar-refractivity contribution in [2.45, 2.75) is 106 Å². The Balaban J connectivity index is 1.60. The summed E-state index contributed by atoms with van der Waals surface area (Å²) in [4.78, 5) is 39.4. The molecule has 0 radical (unpaired) electrons. The van der Waals surface area contributed by atoms with Gasteiger partial charge in [0.25, 0.3) is 0 Å². The highest BCUT2D eigenvalue weighted by Gasteiger charge is 2.68. The predicted molar refractivity (Wildman–Crippen MR) is 146 cm³/mol. The Bertz CT molecular complexity index is 1070. The molecule has 4 saturated carbocycles. The molecule has 0 N–H and O–H groups in total. The molecule has 0 spiro atoms.